The summed E-state index contributed by atoms with van der Waals surface area (Å²) in [5.74, 6) is 2.18. The number of para-hydroxylation sites is 3. The summed E-state index contributed by atoms with van der Waals surface area (Å²) in [6.45, 7) is 12.6. The summed E-state index contributed by atoms with van der Waals surface area (Å²) in [5.41, 5.74) is 20.5. The SMILES string of the molecule is Cc1cccc(C)c1-n1ccnc1-c1ccc(CCc2cc(CCc3ccc(-c4nccn4-c4c(C)cccc4C)cc3S(=O)(=O)c3ccccc3)cc(CCc3ccc(-c4nccn4-c4c(C)cccc4C)cc3S(=O)(=O)c3ccccc3)c2)c(Cc2ccccc2)c1. The zero-order chi connectivity index (χ0) is 65.1. The van der Waals surface area contributed by atoms with Crippen molar-refractivity contribution in [2.75, 3.05) is 0 Å². The van der Waals surface area contributed by atoms with Gasteiger partial charge in [0.25, 0.3) is 0 Å². The van der Waals surface area contributed by atoms with Crippen molar-refractivity contribution in [1.82, 2.24) is 28.7 Å². The van der Waals surface area contributed by atoms with Gasteiger partial charge in [-0.05, 0) is 207 Å². The van der Waals surface area contributed by atoms with Crippen LogP contribution in [0.3, 0.4) is 0 Å². The number of sulfone groups is 2. The molecule has 13 rings (SSSR count). The highest BCUT2D eigenvalue weighted by atomic mass is 32.2. The molecular formula is C82H74N6O4S2. The van der Waals surface area contributed by atoms with Crippen molar-refractivity contribution < 1.29 is 16.8 Å². The van der Waals surface area contributed by atoms with E-state index in [1.165, 1.54) is 27.8 Å². The van der Waals surface area contributed by atoms with Crippen molar-refractivity contribution in [3.8, 4) is 51.2 Å². The van der Waals surface area contributed by atoms with E-state index in [0.717, 1.165) is 80.2 Å². The molecule has 0 aliphatic rings. The molecule has 0 fully saturated rings. The number of hydrogen-bond acceptors (Lipinski definition) is 7. The third-order valence-corrected chi connectivity index (χ3v) is 21.9. The van der Waals surface area contributed by atoms with Crippen molar-refractivity contribution in [2.24, 2.45) is 0 Å². The molecule has 94 heavy (non-hydrogen) atoms. The van der Waals surface area contributed by atoms with E-state index in [9.17, 15) is 0 Å². The molecule has 0 aliphatic heterocycles. The third-order valence-electron chi connectivity index (χ3n) is 18.2. The van der Waals surface area contributed by atoms with Crippen molar-refractivity contribution in [1.29, 1.82) is 0 Å². The van der Waals surface area contributed by atoms with Crippen molar-refractivity contribution in [2.45, 2.75) is 106 Å². The second kappa shape index (κ2) is 26.8. The van der Waals surface area contributed by atoms with Crippen LogP contribution >= 0.6 is 0 Å². The van der Waals surface area contributed by atoms with Gasteiger partial charge in [0.15, 0.2) is 0 Å². The molecule has 0 N–H and O–H groups in total. The smallest absolute Gasteiger partial charge is 0.206 e. The van der Waals surface area contributed by atoms with Gasteiger partial charge >= 0.3 is 0 Å². The zero-order valence-electron chi connectivity index (χ0n) is 53.8. The zero-order valence-corrected chi connectivity index (χ0v) is 55.5. The maximum absolute atomic E-state index is 15.0. The van der Waals surface area contributed by atoms with E-state index in [0.29, 0.717) is 66.0 Å². The fourth-order valence-corrected chi connectivity index (χ4v) is 16.6. The first-order valence-electron chi connectivity index (χ1n) is 32.0. The molecule has 0 atom stereocenters. The first kappa shape index (κ1) is 62.5. The third kappa shape index (κ3) is 12.8. The Morgan fingerprint density at radius 1 is 0.298 bits per heavy atom. The van der Waals surface area contributed by atoms with Gasteiger partial charge in [0.05, 0.1) is 36.6 Å². The monoisotopic (exact) mass is 1270 g/mol. The molecule has 12 heteroatoms. The van der Waals surface area contributed by atoms with Crippen LogP contribution in [-0.2, 0) is 64.6 Å². The lowest BCUT2D eigenvalue weighted by Crippen LogP contribution is -2.09. The quantitative estimate of drug-likeness (QED) is 0.0702. The van der Waals surface area contributed by atoms with Crippen LogP contribution in [0, 0.1) is 41.5 Å². The van der Waals surface area contributed by atoms with Crippen molar-refractivity contribution in [3.63, 3.8) is 0 Å². The van der Waals surface area contributed by atoms with Crippen molar-refractivity contribution in [3.05, 3.63) is 333 Å². The van der Waals surface area contributed by atoms with Crippen LogP contribution in [0.1, 0.15) is 77.9 Å². The minimum absolute atomic E-state index is 0.218. The predicted octanol–water partition coefficient (Wildman–Crippen LogP) is 17.7. The molecule has 3 heterocycles. The largest absolute Gasteiger partial charge is 0.299 e. The lowest BCUT2D eigenvalue weighted by atomic mass is 9.91. The Morgan fingerprint density at radius 3 is 0.979 bits per heavy atom. The molecule has 10 aromatic carbocycles. The van der Waals surface area contributed by atoms with Crippen LogP contribution in [-0.4, -0.2) is 45.5 Å². The molecule has 0 bridgehead atoms. The predicted molar refractivity (Wildman–Crippen MR) is 377 cm³/mol. The second-order valence-corrected chi connectivity index (χ2v) is 28.5. The van der Waals surface area contributed by atoms with E-state index < -0.39 is 19.7 Å². The number of rotatable bonds is 21. The molecule has 3 aromatic heterocycles. The highest BCUT2D eigenvalue weighted by Gasteiger charge is 2.27. The molecule has 0 spiro atoms. The molecule has 10 nitrogen and oxygen atoms in total. The lowest BCUT2D eigenvalue weighted by molar-refractivity contribution is 0.593. The summed E-state index contributed by atoms with van der Waals surface area (Å²) in [6.07, 6.45) is 15.4. The van der Waals surface area contributed by atoms with Gasteiger partial charge < -0.3 is 0 Å². The Balaban J connectivity index is 0.883. The number of imidazole rings is 3. The summed E-state index contributed by atoms with van der Waals surface area (Å²) >= 11 is 0. The normalized spacial score (nSPS) is 11.8. The molecule has 0 saturated carbocycles. The minimum atomic E-state index is -4.01. The number of hydrogen-bond donors (Lipinski definition) is 0. The molecule has 0 amide bonds. The second-order valence-electron chi connectivity index (χ2n) is 24.7. The highest BCUT2D eigenvalue weighted by Crippen LogP contribution is 2.36. The van der Waals surface area contributed by atoms with Crippen LogP contribution in [0.2, 0.25) is 0 Å². The molecule has 0 aliphatic carbocycles. The highest BCUT2D eigenvalue weighted by molar-refractivity contribution is 7.91. The minimum Gasteiger partial charge on any atom is -0.299 e. The van der Waals surface area contributed by atoms with Gasteiger partial charge in [-0.15, -0.1) is 0 Å². The van der Waals surface area contributed by atoms with E-state index in [2.05, 4.69) is 155 Å². The van der Waals surface area contributed by atoms with Crippen molar-refractivity contribution >= 4 is 19.7 Å². The van der Waals surface area contributed by atoms with Gasteiger partial charge in [-0.25, -0.2) is 31.8 Å². The first-order valence-corrected chi connectivity index (χ1v) is 35.0. The number of aromatic nitrogens is 6. The molecule has 0 unspecified atom stereocenters. The maximum Gasteiger partial charge on any atom is 0.206 e. The van der Waals surface area contributed by atoms with Gasteiger partial charge in [0.2, 0.25) is 19.7 Å². The first-order chi connectivity index (χ1) is 45.6. The van der Waals surface area contributed by atoms with E-state index in [4.69, 9.17) is 15.0 Å². The van der Waals surface area contributed by atoms with Gasteiger partial charge in [-0.1, -0.05) is 176 Å². The Labute approximate surface area is 552 Å². The topological polar surface area (TPSA) is 122 Å². The molecular weight excluding hydrogens is 1200 g/mol. The van der Waals surface area contributed by atoms with E-state index >= 15 is 16.8 Å². The molecule has 13 aromatic rings. The molecule has 468 valence electrons. The summed E-state index contributed by atoms with van der Waals surface area (Å²) in [4.78, 5) is 15.5. The van der Waals surface area contributed by atoms with E-state index in [-0.39, 0.29) is 19.6 Å². The number of benzene rings is 10. The van der Waals surface area contributed by atoms with Crippen LogP contribution < -0.4 is 0 Å². The van der Waals surface area contributed by atoms with Gasteiger partial charge in [0, 0.05) is 53.9 Å². The average Bonchev–Trinajstić information content (AvgIpc) is 1.26. The molecule has 0 saturated heterocycles. The Morgan fingerprint density at radius 2 is 0.617 bits per heavy atom. The summed E-state index contributed by atoms with van der Waals surface area (Å²) in [5, 5.41) is 0. The summed E-state index contributed by atoms with van der Waals surface area (Å²) < 4.78 is 66.5. The maximum atomic E-state index is 15.0. The number of nitrogens with zero attached hydrogens (tertiary/aromatic N) is 6. The fourth-order valence-electron chi connectivity index (χ4n) is 13.5. The Hall–Kier alpha value is -10.3. The summed E-state index contributed by atoms with van der Waals surface area (Å²) in [7, 11) is -8.02. The average molecular weight is 1270 g/mol. The van der Waals surface area contributed by atoms with Crippen LogP contribution in [0.25, 0.3) is 51.2 Å². The fraction of sp³-hybridized carbons (Fsp3) is 0.159. The van der Waals surface area contributed by atoms with Crippen LogP contribution in [0.15, 0.2) is 275 Å². The lowest BCUT2D eigenvalue weighted by Gasteiger charge is -2.17. The van der Waals surface area contributed by atoms with Crippen LogP contribution in [0.5, 0.6) is 0 Å². The molecule has 0 radical (unpaired) electrons. The van der Waals surface area contributed by atoms with Gasteiger partial charge in [-0.3, -0.25) is 13.7 Å². The Bertz CT molecular complexity index is 4880. The Kier molecular flexibility index (Phi) is 17.8. The van der Waals surface area contributed by atoms with E-state index in [1.807, 2.05) is 82.5 Å². The standard InChI is InChI=1S/C82H74N6O4S2/c1-56-19-16-20-57(2)77(56)86-46-43-83-80(86)69-40-37-66(72(53-69)52-62-25-10-7-11-26-62)34-31-63-49-64(32-35-67-38-41-70(54-75(67)93(89,90)73-27-12-8-13-28-73)81-84-44-47-87(81)78-58(3)21-17-22-59(78)4)51-65(50-63)33-36-68-39-42-71(55-76(68)94(91,92)74-29-14-9-15-30-74)82-85-45-48-88(82)79-60(5)23-18-24-61(79)6/h7-30,37-51,53-55H,31-36,52H2,1-6H3. The van der Waals surface area contributed by atoms with Gasteiger partial charge in [0.1, 0.15) is 17.5 Å². The summed E-state index contributed by atoms with van der Waals surface area (Å²) in [6, 6.07) is 71.7. The van der Waals surface area contributed by atoms with Crippen LogP contribution in [0.4, 0.5) is 0 Å². The number of aryl methyl sites for hydroxylation is 12. The van der Waals surface area contributed by atoms with Gasteiger partial charge in [-0.2, -0.15) is 0 Å². The van der Waals surface area contributed by atoms with E-state index in [1.54, 1.807) is 73.1 Å².